The lowest BCUT2D eigenvalue weighted by Gasteiger charge is -2.41. The zero-order valence-corrected chi connectivity index (χ0v) is 38.5. The first-order chi connectivity index (χ1) is 29.3. The van der Waals surface area contributed by atoms with Crippen molar-refractivity contribution in [3.8, 4) is 0 Å². The van der Waals surface area contributed by atoms with Gasteiger partial charge in [0.25, 0.3) is 17.0 Å². The van der Waals surface area contributed by atoms with E-state index in [2.05, 4.69) is 9.88 Å². The fourth-order valence-electron chi connectivity index (χ4n) is 8.24. The Hall–Kier alpha value is -5.38. The molecule has 4 aromatic rings. The Morgan fingerprint density at radius 3 is 1.52 bits per heavy atom. The number of alkyl halides is 2. The monoisotopic (exact) mass is 877 g/mol. The molecule has 7 heterocycles. The van der Waals surface area contributed by atoms with E-state index in [1.165, 1.54) is 18.5 Å². The van der Waals surface area contributed by atoms with E-state index in [0.717, 1.165) is 59.3 Å². The highest BCUT2D eigenvalue weighted by atomic mass is 32.2. The predicted molar refractivity (Wildman–Crippen MR) is 238 cm³/mol. The van der Waals surface area contributed by atoms with Crippen LogP contribution in [0.4, 0.5) is 20.2 Å². The summed E-state index contributed by atoms with van der Waals surface area (Å²) in [6, 6.07) is 13.2. The van der Waals surface area contributed by atoms with Crippen molar-refractivity contribution in [2.45, 2.75) is 98.3 Å². The lowest BCUT2D eigenvalue weighted by molar-refractivity contribution is -0.133. The molecule has 0 aliphatic carbocycles. The number of carbonyl (C=O) groups excluding carboxylic acids is 2. The largest absolute Gasteiger partial charge is 0.371 e. The number of anilines is 2. The van der Waals surface area contributed by atoms with Crippen molar-refractivity contribution < 1.29 is 26.8 Å². The standard InChI is InChI=1S/C21H24F2N4O2.C21H25N3O4S.2C2H6/c1-13-6-19(28)25(3)17-12-27(11-16(13)17)20(29)7-14-9-26(10-14)15-4-5-24-18(8-15)21(2,22)23;1-14-8-20(25)22(2)19-13-24(12-18(14)19)21(26)9-15-10-23(11-15)16-4-6-17(7-5-16)29(3,27)28;2*1-2/h4-6,8,14H,7,9-12H2,1-3H3;4-8,15H,9-13H2,1-3H3;2*1-2H3. The summed E-state index contributed by atoms with van der Waals surface area (Å²) in [7, 11) is 0.303. The predicted octanol–water partition coefficient (Wildman–Crippen LogP) is 6.09. The van der Waals surface area contributed by atoms with Gasteiger partial charge in [-0.15, -0.1) is 0 Å². The van der Waals surface area contributed by atoms with Crippen molar-refractivity contribution in [2.75, 3.05) is 42.2 Å². The van der Waals surface area contributed by atoms with Crippen LogP contribution < -0.4 is 20.9 Å². The number of sulfone groups is 1. The highest BCUT2D eigenvalue weighted by Crippen LogP contribution is 2.34. The van der Waals surface area contributed by atoms with Gasteiger partial charge in [0.1, 0.15) is 5.69 Å². The summed E-state index contributed by atoms with van der Waals surface area (Å²) in [5, 5.41) is 0. The lowest BCUT2D eigenvalue weighted by Crippen LogP contribution is -2.48. The van der Waals surface area contributed by atoms with Crippen molar-refractivity contribution in [3.05, 3.63) is 115 Å². The molecule has 0 bridgehead atoms. The summed E-state index contributed by atoms with van der Waals surface area (Å²) < 4.78 is 53.4. The Morgan fingerprint density at radius 2 is 1.11 bits per heavy atom. The average molecular weight is 878 g/mol. The number of pyridine rings is 3. The van der Waals surface area contributed by atoms with Gasteiger partial charge in [0, 0.05) is 132 Å². The van der Waals surface area contributed by atoms with Crippen LogP contribution in [-0.2, 0) is 65.6 Å². The maximum Gasteiger partial charge on any atom is 0.287 e. The number of halogens is 2. The lowest BCUT2D eigenvalue weighted by atomic mass is 9.94. The van der Waals surface area contributed by atoms with Gasteiger partial charge in [-0.1, -0.05) is 27.7 Å². The van der Waals surface area contributed by atoms with Crippen LogP contribution in [-0.4, -0.2) is 76.6 Å². The summed E-state index contributed by atoms with van der Waals surface area (Å²) >= 11 is 0. The number of hydrogen-bond donors (Lipinski definition) is 0. The first kappa shape index (κ1) is 47.7. The van der Waals surface area contributed by atoms with E-state index in [9.17, 15) is 36.4 Å². The number of carbonyl (C=O) groups is 2. The molecule has 4 aliphatic rings. The van der Waals surface area contributed by atoms with Crippen molar-refractivity contribution in [1.29, 1.82) is 0 Å². The Bertz CT molecular complexity index is 2500. The minimum Gasteiger partial charge on any atom is -0.371 e. The van der Waals surface area contributed by atoms with Gasteiger partial charge in [0.05, 0.1) is 18.0 Å². The van der Waals surface area contributed by atoms with Crippen LogP contribution in [0.25, 0.3) is 0 Å². The Balaban J connectivity index is 0.000000217. The molecule has 0 atom stereocenters. The third-order valence-electron chi connectivity index (χ3n) is 11.9. The topological polar surface area (TPSA) is 138 Å². The fraction of sp³-hybridized carbons (Fsp3) is 0.500. The SMILES string of the molecule is CC.CC.Cc1cc(=O)n(C)c2c1CN(C(=O)CC1CN(c3ccc(S(C)(=O)=O)cc3)C1)C2.Cc1cc(=O)n(C)c2c1CN(C(=O)CC1CN(c3ccnc(C(C)(F)F)c3)C1)C2. The molecule has 0 radical (unpaired) electrons. The molecule has 0 spiro atoms. The molecule has 2 fully saturated rings. The summed E-state index contributed by atoms with van der Waals surface area (Å²) in [6.07, 6.45) is 3.50. The molecule has 13 nitrogen and oxygen atoms in total. The highest BCUT2D eigenvalue weighted by molar-refractivity contribution is 7.90. The molecule has 0 N–H and O–H groups in total. The van der Waals surface area contributed by atoms with Crippen LogP contribution in [0.3, 0.4) is 0 Å². The second-order valence-electron chi connectivity index (χ2n) is 16.3. The molecule has 16 heteroatoms. The van der Waals surface area contributed by atoms with Gasteiger partial charge >= 0.3 is 0 Å². The summed E-state index contributed by atoms with van der Waals surface area (Å²) in [6.45, 7) is 17.6. The Morgan fingerprint density at radius 1 is 0.694 bits per heavy atom. The normalized spacial score (nSPS) is 15.8. The molecule has 2 saturated heterocycles. The number of fused-ring (bicyclic) bond motifs is 2. The maximum atomic E-state index is 13.5. The number of nitrogens with zero attached hydrogens (tertiary/aromatic N) is 7. The fourth-order valence-corrected chi connectivity index (χ4v) is 8.87. The molecule has 4 aliphatic heterocycles. The molecular weight excluding hydrogens is 817 g/mol. The molecule has 336 valence electrons. The van der Waals surface area contributed by atoms with Gasteiger partial charge in [-0.05, 0) is 72.5 Å². The van der Waals surface area contributed by atoms with Crippen molar-refractivity contribution >= 4 is 33.0 Å². The van der Waals surface area contributed by atoms with E-state index in [1.54, 1.807) is 58.5 Å². The molecule has 2 amide bonds. The molecule has 0 unspecified atom stereocenters. The van der Waals surface area contributed by atoms with Gasteiger partial charge < -0.3 is 28.7 Å². The summed E-state index contributed by atoms with van der Waals surface area (Å²) in [4.78, 5) is 61.3. The zero-order chi connectivity index (χ0) is 45.8. The molecular formula is C46H61F2N7O6S. The van der Waals surface area contributed by atoms with E-state index in [4.69, 9.17) is 0 Å². The second-order valence-corrected chi connectivity index (χ2v) is 18.3. The van der Waals surface area contributed by atoms with Crippen molar-refractivity contribution in [3.63, 3.8) is 0 Å². The van der Waals surface area contributed by atoms with Crippen LogP contribution in [0.5, 0.6) is 0 Å². The van der Waals surface area contributed by atoms with Crippen molar-refractivity contribution in [1.82, 2.24) is 23.9 Å². The maximum absolute atomic E-state index is 13.5. The molecule has 0 saturated carbocycles. The number of aromatic nitrogens is 3. The number of hydrogen-bond acceptors (Lipinski definition) is 9. The van der Waals surface area contributed by atoms with E-state index in [-0.39, 0.29) is 40.5 Å². The third-order valence-corrected chi connectivity index (χ3v) is 13.0. The third kappa shape index (κ3) is 10.4. The quantitative estimate of drug-likeness (QED) is 0.206. The Kier molecular flexibility index (Phi) is 14.9. The van der Waals surface area contributed by atoms with Gasteiger partial charge in [-0.2, -0.15) is 8.78 Å². The molecule has 3 aromatic heterocycles. The highest BCUT2D eigenvalue weighted by Gasteiger charge is 2.36. The van der Waals surface area contributed by atoms with E-state index >= 15 is 0 Å². The van der Waals surface area contributed by atoms with Gasteiger partial charge in [-0.3, -0.25) is 24.2 Å². The molecule has 8 rings (SSSR count). The number of amides is 2. The smallest absolute Gasteiger partial charge is 0.287 e. The first-order valence-electron chi connectivity index (χ1n) is 21.3. The van der Waals surface area contributed by atoms with Crippen LogP contribution in [0.1, 0.15) is 86.8 Å². The first-order valence-corrected chi connectivity index (χ1v) is 23.2. The van der Waals surface area contributed by atoms with Crippen LogP contribution in [0.15, 0.2) is 69.2 Å². The van der Waals surface area contributed by atoms with Crippen LogP contribution >= 0.6 is 0 Å². The minimum atomic E-state index is -3.19. The van der Waals surface area contributed by atoms with Crippen LogP contribution in [0, 0.1) is 25.7 Å². The van der Waals surface area contributed by atoms with Gasteiger partial charge in [0.2, 0.25) is 11.8 Å². The molecule has 62 heavy (non-hydrogen) atoms. The number of rotatable bonds is 8. The van der Waals surface area contributed by atoms with Gasteiger partial charge in [-0.25, -0.2) is 8.42 Å². The number of benzene rings is 1. The van der Waals surface area contributed by atoms with Gasteiger partial charge in [0.15, 0.2) is 9.84 Å². The average Bonchev–Trinajstić information content (AvgIpc) is 3.87. The van der Waals surface area contributed by atoms with E-state index < -0.39 is 15.8 Å². The van der Waals surface area contributed by atoms with E-state index in [1.807, 2.05) is 63.5 Å². The number of aryl methyl sites for hydroxylation is 2. The molecule has 1 aromatic carbocycles. The second kappa shape index (κ2) is 19.3. The Labute approximate surface area is 363 Å². The van der Waals surface area contributed by atoms with Crippen molar-refractivity contribution in [2.24, 2.45) is 25.9 Å². The van der Waals surface area contributed by atoms with E-state index in [0.29, 0.717) is 62.7 Å². The zero-order valence-electron chi connectivity index (χ0n) is 37.7. The van der Waals surface area contributed by atoms with Crippen LogP contribution in [0.2, 0.25) is 0 Å². The minimum absolute atomic E-state index is 0.0351. The summed E-state index contributed by atoms with van der Waals surface area (Å²) in [5.74, 6) is -2.32. The summed E-state index contributed by atoms with van der Waals surface area (Å²) in [5.41, 5.74) is 7.20.